The van der Waals surface area contributed by atoms with Crippen LogP contribution >= 0.6 is 0 Å². The monoisotopic (exact) mass is 479 g/mol. The van der Waals surface area contributed by atoms with Gasteiger partial charge in [0.25, 0.3) is 0 Å². The molecule has 0 bridgehead atoms. The molecule has 2 aromatic rings. The van der Waals surface area contributed by atoms with Crippen LogP contribution in [-0.2, 0) is 15.9 Å². The van der Waals surface area contributed by atoms with Crippen LogP contribution in [0.15, 0.2) is 48.5 Å². The number of ether oxygens (including phenoxy) is 3. The third-order valence-electron chi connectivity index (χ3n) is 7.76. The second kappa shape index (κ2) is 9.05. The van der Waals surface area contributed by atoms with Gasteiger partial charge in [0.1, 0.15) is 11.2 Å². The molecule has 2 aromatic carbocycles. The van der Waals surface area contributed by atoms with Gasteiger partial charge in [-0.2, -0.15) is 0 Å². The molecule has 6 heteroatoms. The van der Waals surface area contributed by atoms with Crippen molar-refractivity contribution in [3.05, 3.63) is 59.7 Å². The highest BCUT2D eigenvalue weighted by Gasteiger charge is 2.53. The van der Waals surface area contributed by atoms with Gasteiger partial charge in [0.15, 0.2) is 11.5 Å². The molecule has 0 aliphatic carbocycles. The summed E-state index contributed by atoms with van der Waals surface area (Å²) in [6, 6.07) is 16.0. The number of fused-ring (bicyclic) bond motifs is 4. The Balaban J connectivity index is 1.40. The zero-order valence-corrected chi connectivity index (χ0v) is 21.2. The number of benzene rings is 2. The van der Waals surface area contributed by atoms with Gasteiger partial charge < -0.3 is 24.2 Å². The molecule has 3 aliphatic rings. The average molecular weight is 480 g/mol. The maximum Gasteiger partial charge on any atom is 0.410 e. The number of piperidine rings is 1. The van der Waals surface area contributed by atoms with Gasteiger partial charge in [0.2, 0.25) is 0 Å². The number of nitrogens with zero attached hydrogens (tertiary/aromatic N) is 1. The lowest BCUT2D eigenvalue weighted by molar-refractivity contribution is -0.191. The summed E-state index contributed by atoms with van der Waals surface area (Å²) in [4.78, 5) is 14.6. The second-order valence-electron chi connectivity index (χ2n) is 11.5. The van der Waals surface area contributed by atoms with E-state index in [1.54, 1.807) is 6.07 Å². The third-order valence-corrected chi connectivity index (χ3v) is 7.76. The standard InChI is InChI=1S/C29H37NO5/c1-28(2,3)35-27(32)30-16-14-24-20(18-30)17-22-25(33-24)21-11-8-12-23(31)26(21)34-29(22,4)15-13-19-9-6-5-7-10-19/h5-12,20,22,24-25,31H,13-18H2,1-4H3/t20-,22+,24+,25-,29-/m1/s1. The lowest BCUT2D eigenvalue weighted by Crippen LogP contribution is -2.57. The zero-order chi connectivity index (χ0) is 24.8. The minimum absolute atomic E-state index is 0.0709. The van der Waals surface area contributed by atoms with Gasteiger partial charge in [-0.3, -0.25) is 0 Å². The second-order valence-corrected chi connectivity index (χ2v) is 11.5. The van der Waals surface area contributed by atoms with Crippen molar-refractivity contribution in [3.63, 3.8) is 0 Å². The Kier molecular flexibility index (Phi) is 6.20. The molecule has 35 heavy (non-hydrogen) atoms. The van der Waals surface area contributed by atoms with Gasteiger partial charge in [-0.1, -0.05) is 42.5 Å². The van der Waals surface area contributed by atoms with Crippen molar-refractivity contribution in [3.8, 4) is 11.5 Å². The van der Waals surface area contributed by atoms with E-state index in [0.717, 1.165) is 31.2 Å². The van der Waals surface area contributed by atoms with E-state index in [1.165, 1.54) is 5.56 Å². The highest BCUT2D eigenvalue weighted by Crippen LogP contribution is 2.56. The van der Waals surface area contributed by atoms with Gasteiger partial charge in [-0.25, -0.2) is 4.79 Å². The fourth-order valence-corrected chi connectivity index (χ4v) is 5.96. The van der Waals surface area contributed by atoms with Crippen molar-refractivity contribution in [1.82, 2.24) is 4.90 Å². The zero-order valence-electron chi connectivity index (χ0n) is 21.2. The van der Waals surface area contributed by atoms with Crippen LogP contribution < -0.4 is 4.74 Å². The number of hydrogen-bond acceptors (Lipinski definition) is 5. The molecule has 2 saturated heterocycles. The van der Waals surface area contributed by atoms with E-state index in [0.29, 0.717) is 18.8 Å². The van der Waals surface area contributed by atoms with E-state index < -0.39 is 11.2 Å². The summed E-state index contributed by atoms with van der Waals surface area (Å²) in [5, 5.41) is 10.6. The summed E-state index contributed by atoms with van der Waals surface area (Å²) in [5.74, 6) is 1.04. The van der Waals surface area contributed by atoms with Crippen LogP contribution in [0.5, 0.6) is 11.5 Å². The molecule has 0 saturated carbocycles. The summed E-state index contributed by atoms with van der Waals surface area (Å²) in [6.45, 7) is 9.11. The number of phenols is 1. The number of aromatic hydroxyl groups is 1. The smallest absolute Gasteiger partial charge is 0.410 e. The molecule has 1 N–H and O–H groups in total. The molecular weight excluding hydrogens is 442 g/mol. The summed E-state index contributed by atoms with van der Waals surface area (Å²) >= 11 is 0. The Morgan fingerprint density at radius 3 is 2.69 bits per heavy atom. The lowest BCUT2D eigenvalue weighted by Gasteiger charge is -2.54. The molecule has 0 radical (unpaired) electrons. The summed E-state index contributed by atoms with van der Waals surface area (Å²) in [7, 11) is 0. The molecule has 0 spiro atoms. The Bertz CT molecular complexity index is 1060. The minimum atomic E-state index is -0.513. The summed E-state index contributed by atoms with van der Waals surface area (Å²) in [5.41, 5.74) is 1.17. The van der Waals surface area contributed by atoms with Crippen molar-refractivity contribution in [1.29, 1.82) is 0 Å². The third kappa shape index (κ3) is 4.86. The molecule has 0 unspecified atom stereocenters. The maximum absolute atomic E-state index is 12.8. The molecule has 5 rings (SSSR count). The van der Waals surface area contributed by atoms with Crippen LogP contribution in [0.25, 0.3) is 0 Å². The molecule has 3 heterocycles. The first kappa shape index (κ1) is 24.0. The van der Waals surface area contributed by atoms with Gasteiger partial charge in [-0.15, -0.1) is 0 Å². The Morgan fingerprint density at radius 2 is 1.94 bits per heavy atom. The normalized spacial score (nSPS) is 29.9. The van der Waals surface area contributed by atoms with Crippen LogP contribution in [0.2, 0.25) is 0 Å². The molecule has 2 fully saturated rings. The van der Waals surface area contributed by atoms with Crippen LogP contribution in [-0.4, -0.2) is 46.5 Å². The van der Waals surface area contributed by atoms with E-state index in [1.807, 2.05) is 43.9 Å². The van der Waals surface area contributed by atoms with E-state index in [4.69, 9.17) is 14.2 Å². The molecular formula is C29H37NO5. The van der Waals surface area contributed by atoms with Crippen molar-refractivity contribution in [2.45, 2.75) is 76.8 Å². The Morgan fingerprint density at radius 1 is 1.17 bits per heavy atom. The largest absolute Gasteiger partial charge is 0.504 e. The maximum atomic E-state index is 12.8. The molecule has 3 aliphatic heterocycles. The number of phenolic OH excluding ortho intramolecular Hbond substituents is 1. The SMILES string of the molecule is CC(C)(C)OC(=O)N1CC[C@@H]2O[C@@H]3c4cccc(O)c4O[C@](C)(CCc4ccccc4)[C@H]3C[C@@H]2C1. The molecule has 1 amide bonds. The number of amides is 1. The van der Waals surface area contributed by atoms with Crippen LogP contribution in [0.1, 0.15) is 64.2 Å². The van der Waals surface area contributed by atoms with Gasteiger partial charge in [0.05, 0.1) is 12.2 Å². The number of carbonyl (C=O) groups excluding carboxylic acids is 1. The van der Waals surface area contributed by atoms with Crippen LogP contribution in [0.4, 0.5) is 4.79 Å². The Hall–Kier alpha value is -2.73. The summed E-state index contributed by atoms with van der Waals surface area (Å²) in [6.07, 6.45) is 3.05. The van der Waals surface area contributed by atoms with Crippen molar-refractivity contribution in [2.24, 2.45) is 11.8 Å². The topological polar surface area (TPSA) is 68.2 Å². The number of para-hydroxylation sites is 1. The summed E-state index contributed by atoms with van der Waals surface area (Å²) < 4.78 is 19.1. The van der Waals surface area contributed by atoms with Gasteiger partial charge >= 0.3 is 6.09 Å². The van der Waals surface area contributed by atoms with Crippen molar-refractivity contribution >= 4 is 6.09 Å². The fourth-order valence-electron chi connectivity index (χ4n) is 5.96. The van der Waals surface area contributed by atoms with Crippen molar-refractivity contribution in [2.75, 3.05) is 13.1 Å². The number of rotatable bonds is 3. The fraction of sp³-hybridized carbons (Fsp3) is 0.552. The van der Waals surface area contributed by atoms with Gasteiger partial charge in [-0.05, 0) is 65.0 Å². The number of likely N-dealkylation sites (tertiary alicyclic amines) is 1. The highest BCUT2D eigenvalue weighted by atomic mass is 16.6. The predicted octanol–water partition coefficient (Wildman–Crippen LogP) is 5.88. The average Bonchev–Trinajstić information content (AvgIpc) is 2.82. The lowest BCUT2D eigenvalue weighted by atomic mass is 9.68. The minimum Gasteiger partial charge on any atom is -0.504 e. The molecule has 6 nitrogen and oxygen atoms in total. The Labute approximate surface area is 208 Å². The molecule has 5 atom stereocenters. The van der Waals surface area contributed by atoms with E-state index >= 15 is 0 Å². The number of carbonyl (C=O) groups is 1. The van der Waals surface area contributed by atoms with Crippen LogP contribution in [0.3, 0.4) is 0 Å². The highest BCUT2D eigenvalue weighted by molar-refractivity contribution is 5.68. The first-order valence-electron chi connectivity index (χ1n) is 12.8. The van der Waals surface area contributed by atoms with Crippen molar-refractivity contribution < 1.29 is 24.1 Å². The van der Waals surface area contributed by atoms with E-state index in [9.17, 15) is 9.90 Å². The molecule has 0 aromatic heterocycles. The molecule has 188 valence electrons. The van der Waals surface area contributed by atoms with E-state index in [2.05, 4.69) is 31.2 Å². The first-order valence-corrected chi connectivity index (χ1v) is 12.8. The number of aryl methyl sites for hydroxylation is 1. The van der Waals surface area contributed by atoms with E-state index in [-0.39, 0.29) is 35.9 Å². The van der Waals surface area contributed by atoms with Gasteiger partial charge in [0, 0.05) is 30.5 Å². The quantitative estimate of drug-likeness (QED) is 0.595. The predicted molar refractivity (Wildman–Crippen MR) is 134 cm³/mol. The first-order chi connectivity index (χ1) is 16.6. The van der Waals surface area contributed by atoms with Crippen LogP contribution in [0, 0.1) is 11.8 Å². The number of hydrogen-bond donors (Lipinski definition) is 1.